The van der Waals surface area contributed by atoms with Gasteiger partial charge in [-0.3, -0.25) is 9.79 Å². The van der Waals surface area contributed by atoms with E-state index in [4.69, 9.17) is 27.9 Å². The van der Waals surface area contributed by atoms with Gasteiger partial charge in [0.1, 0.15) is 17.4 Å². The largest absolute Gasteiger partial charge is 0.490 e. The van der Waals surface area contributed by atoms with E-state index < -0.39 is 0 Å². The third kappa shape index (κ3) is 5.68. The maximum absolute atomic E-state index is 11.7. The SMILES string of the molecule is CCC(=O)N1CCC(NC(=NC)NCCOc2cccc(Cl)c2Cl)C1. The molecule has 0 aromatic heterocycles. The number of hydrogen-bond acceptors (Lipinski definition) is 3. The van der Waals surface area contributed by atoms with Gasteiger partial charge in [0.05, 0.1) is 11.6 Å². The minimum atomic E-state index is 0.194. The van der Waals surface area contributed by atoms with Crippen molar-refractivity contribution in [2.24, 2.45) is 4.99 Å². The average Bonchev–Trinajstić information content (AvgIpc) is 3.08. The van der Waals surface area contributed by atoms with Gasteiger partial charge in [-0.2, -0.15) is 0 Å². The van der Waals surface area contributed by atoms with Gasteiger partial charge in [-0.1, -0.05) is 36.2 Å². The van der Waals surface area contributed by atoms with Gasteiger partial charge in [0, 0.05) is 32.6 Å². The summed E-state index contributed by atoms with van der Waals surface area (Å²) in [5.41, 5.74) is 0. The molecule has 8 heteroatoms. The van der Waals surface area contributed by atoms with Crippen molar-refractivity contribution >= 4 is 35.1 Å². The Bertz CT molecular complexity index is 625. The zero-order valence-electron chi connectivity index (χ0n) is 14.5. The second-order valence-electron chi connectivity index (χ2n) is 5.72. The van der Waals surface area contributed by atoms with Crippen LogP contribution in [0.3, 0.4) is 0 Å². The Hall–Kier alpha value is -1.66. The van der Waals surface area contributed by atoms with Crippen molar-refractivity contribution in [2.45, 2.75) is 25.8 Å². The molecule has 0 radical (unpaired) electrons. The standard InChI is InChI=1S/C17H24Cl2N4O2/c1-3-15(24)23-9-7-12(11-23)22-17(20-2)21-8-10-25-14-6-4-5-13(18)16(14)19/h4-6,12H,3,7-11H2,1-2H3,(H2,20,21,22). The Morgan fingerprint density at radius 3 is 2.96 bits per heavy atom. The number of aliphatic imine (C=N–C) groups is 1. The van der Waals surface area contributed by atoms with Crippen molar-refractivity contribution < 1.29 is 9.53 Å². The van der Waals surface area contributed by atoms with Crippen LogP contribution in [-0.2, 0) is 4.79 Å². The number of likely N-dealkylation sites (tertiary alicyclic amines) is 1. The first-order valence-electron chi connectivity index (χ1n) is 8.37. The van der Waals surface area contributed by atoms with E-state index in [0.29, 0.717) is 47.9 Å². The van der Waals surface area contributed by atoms with Crippen LogP contribution in [0, 0.1) is 0 Å². The van der Waals surface area contributed by atoms with Gasteiger partial charge >= 0.3 is 0 Å². The van der Waals surface area contributed by atoms with Gasteiger partial charge in [-0.15, -0.1) is 0 Å². The lowest BCUT2D eigenvalue weighted by Gasteiger charge is -2.19. The highest BCUT2D eigenvalue weighted by Gasteiger charge is 2.25. The molecule has 1 amide bonds. The van der Waals surface area contributed by atoms with E-state index in [1.54, 1.807) is 25.2 Å². The topological polar surface area (TPSA) is 66.0 Å². The van der Waals surface area contributed by atoms with Gasteiger partial charge in [0.15, 0.2) is 5.96 Å². The maximum Gasteiger partial charge on any atom is 0.222 e. The highest BCUT2D eigenvalue weighted by atomic mass is 35.5. The number of nitrogens with one attached hydrogen (secondary N) is 2. The van der Waals surface area contributed by atoms with Crippen LogP contribution < -0.4 is 15.4 Å². The predicted molar refractivity (Wildman–Crippen MR) is 102 cm³/mol. The summed E-state index contributed by atoms with van der Waals surface area (Å²) in [6.45, 7) is 4.37. The van der Waals surface area contributed by atoms with Crippen molar-refractivity contribution in [3.63, 3.8) is 0 Å². The number of ether oxygens (including phenoxy) is 1. The molecule has 1 saturated heterocycles. The molecule has 1 fully saturated rings. The van der Waals surface area contributed by atoms with Crippen LogP contribution in [0.1, 0.15) is 19.8 Å². The fourth-order valence-corrected chi connectivity index (χ4v) is 2.99. The first-order chi connectivity index (χ1) is 12.0. The number of halogens is 2. The zero-order chi connectivity index (χ0) is 18.2. The summed E-state index contributed by atoms with van der Waals surface area (Å²) >= 11 is 12.0. The smallest absolute Gasteiger partial charge is 0.222 e. The van der Waals surface area contributed by atoms with Crippen LogP contribution in [0.5, 0.6) is 5.75 Å². The van der Waals surface area contributed by atoms with Crippen LogP contribution in [-0.4, -0.2) is 56.1 Å². The summed E-state index contributed by atoms with van der Waals surface area (Å²) < 4.78 is 5.63. The van der Waals surface area contributed by atoms with Crippen molar-refractivity contribution in [1.29, 1.82) is 0 Å². The zero-order valence-corrected chi connectivity index (χ0v) is 16.0. The third-order valence-electron chi connectivity index (χ3n) is 3.98. The summed E-state index contributed by atoms with van der Waals surface area (Å²) in [7, 11) is 1.72. The van der Waals surface area contributed by atoms with E-state index in [1.807, 2.05) is 11.8 Å². The van der Waals surface area contributed by atoms with Crippen molar-refractivity contribution in [3.05, 3.63) is 28.2 Å². The van der Waals surface area contributed by atoms with Gasteiger partial charge in [-0.25, -0.2) is 0 Å². The van der Waals surface area contributed by atoms with Crippen LogP contribution in [0.15, 0.2) is 23.2 Å². The first kappa shape index (κ1) is 19.7. The summed E-state index contributed by atoms with van der Waals surface area (Å²) in [4.78, 5) is 17.8. The monoisotopic (exact) mass is 386 g/mol. The van der Waals surface area contributed by atoms with Crippen molar-refractivity contribution in [1.82, 2.24) is 15.5 Å². The molecule has 0 saturated carbocycles. The van der Waals surface area contributed by atoms with E-state index in [0.717, 1.165) is 13.0 Å². The number of amides is 1. The Balaban J connectivity index is 1.72. The second kappa shape index (κ2) is 9.73. The second-order valence-corrected chi connectivity index (χ2v) is 6.51. The molecular weight excluding hydrogens is 363 g/mol. The summed E-state index contributed by atoms with van der Waals surface area (Å²) in [6, 6.07) is 5.50. The molecule has 0 bridgehead atoms. The minimum absolute atomic E-state index is 0.194. The van der Waals surface area contributed by atoms with Gasteiger partial charge in [0.25, 0.3) is 0 Å². The van der Waals surface area contributed by atoms with E-state index in [9.17, 15) is 4.79 Å². The normalized spacial score (nSPS) is 17.5. The van der Waals surface area contributed by atoms with Crippen molar-refractivity contribution in [2.75, 3.05) is 33.3 Å². The molecule has 1 heterocycles. The average molecular weight is 387 g/mol. The first-order valence-corrected chi connectivity index (χ1v) is 9.12. The highest BCUT2D eigenvalue weighted by molar-refractivity contribution is 6.42. The van der Waals surface area contributed by atoms with Crippen LogP contribution in [0.25, 0.3) is 0 Å². The third-order valence-corrected chi connectivity index (χ3v) is 4.78. The lowest BCUT2D eigenvalue weighted by Crippen LogP contribution is -2.46. The number of carbonyl (C=O) groups excluding carboxylic acids is 1. The number of benzene rings is 1. The van der Waals surface area contributed by atoms with Crippen LogP contribution in [0.4, 0.5) is 0 Å². The molecule has 2 N–H and O–H groups in total. The van der Waals surface area contributed by atoms with E-state index in [-0.39, 0.29) is 11.9 Å². The molecule has 0 aliphatic carbocycles. The molecule has 1 aliphatic rings. The Morgan fingerprint density at radius 1 is 1.44 bits per heavy atom. The van der Waals surface area contributed by atoms with E-state index >= 15 is 0 Å². The van der Waals surface area contributed by atoms with Crippen LogP contribution >= 0.6 is 23.2 Å². The lowest BCUT2D eigenvalue weighted by molar-refractivity contribution is -0.129. The molecule has 6 nitrogen and oxygen atoms in total. The minimum Gasteiger partial charge on any atom is -0.490 e. The summed E-state index contributed by atoms with van der Waals surface area (Å²) in [5, 5.41) is 7.41. The maximum atomic E-state index is 11.7. The quantitative estimate of drug-likeness (QED) is 0.447. The number of rotatable bonds is 6. The van der Waals surface area contributed by atoms with Gasteiger partial charge in [-0.05, 0) is 18.6 Å². The Kier molecular flexibility index (Phi) is 7.65. The molecule has 2 rings (SSSR count). The highest BCUT2D eigenvalue weighted by Crippen LogP contribution is 2.31. The van der Waals surface area contributed by atoms with E-state index in [2.05, 4.69) is 15.6 Å². The molecule has 1 aromatic rings. The summed E-state index contributed by atoms with van der Waals surface area (Å²) in [5.74, 6) is 1.44. The predicted octanol–water partition coefficient (Wildman–Crippen LogP) is 2.55. The molecule has 25 heavy (non-hydrogen) atoms. The van der Waals surface area contributed by atoms with Gasteiger partial charge < -0.3 is 20.3 Å². The molecule has 1 unspecified atom stereocenters. The Labute approximate surface area is 158 Å². The number of nitrogens with zero attached hydrogens (tertiary/aromatic N) is 2. The fraction of sp³-hybridized carbons (Fsp3) is 0.529. The fourth-order valence-electron chi connectivity index (χ4n) is 2.64. The summed E-state index contributed by atoms with van der Waals surface area (Å²) in [6.07, 6.45) is 1.46. The Morgan fingerprint density at radius 2 is 2.24 bits per heavy atom. The molecule has 138 valence electrons. The van der Waals surface area contributed by atoms with Crippen LogP contribution in [0.2, 0.25) is 10.0 Å². The number of guanidine groups is 1. The molecule has 1 aliphatic heterocycles. The molecule has 0 spiro atoms. The molecular formula is C17H24Cl2N4O2. The van der Waals surface area contributed by atoms with E-state index in [1.165, 1.54) is 0 Å². The molecule has 1 atom stereocenters. The number of carbonyl (C=O) groups is 1. The van der Waals surface area contributed by atoms with Gasteiger partial charge in [0.2, 0.25) is 5.91 Å². The molecule has 1 aromatic carbocycles. The lowest BCUT2D eigenvalue weighted by atomic mass is 10.3. The van der Waals surface area contributed by atoms with Crippen molar-refractivity contribution in [3.8, 4) is 5.75 Å². The number of hydrogen-bond donors (Lipinski definition) is 2.